The lowest BCUT2D eigenvalue weighted by atomic mass is 9.96. The van der Waals surface area contributed by atoms with Crippen LogP contribution in [0.3, 0.4) is 0 Å². The van der Waals surface area contributed by atoms with Crippen molar-refractivity contribution >= 4 is 0 Å². The normalized spacial score (nSPS) is 17.8. The van der Waals surface area contributed by atoms with Gasteiger partial charge in [-0.3, -0.25) is 0 Å². The molecule has 112 valence electrons. The fourth-order valence-electron chi connectivity index (χ4n) is 2.85. The van der Waals surface area contributed by atoms with Crippen LogP contribution in [0.2, 0.25) is 0 Å². The van der Waals surface area contributed by atoms with Crippen LogP contribution >= 0.6 is 0 Å². The quantitative estimate of drug-likeness (QED) is 0.838. The summed E-state index contributed by atoms with van der Waals surface area (Å²) in [5, 5.41) is 8.95. The standard InChI is InChI=1S/C15H26N4O/c1-13-16-9-15(10-17-13)12-18(2)11-14-3-5-19(6-4-14)7-8-20/h9-10,14,20H,3-8,11-12H2,1-2H3. The summed E-state index contributed by atoms with van der Waals surface area (Å²) in [6, 6.07) is 0. The van der Waals surface area contributed by atoms with E-state index in [0.717, 1.165) is 44.5 Å². The Hall–Kier alpha value is -1.04. The largest absolute Gasteiger partial charge is 0.395 e. The maximum absolute atomic E-state index is 8.95. The van der Waals surface area contributed by atoms with Crippen LogP contribution in [0.5, 0.6) is 0 Å². The number of likely N-dealkylation sites (tertiary alicyclic amines) is 1. The van der Waals surface area contributed by atoms with Gasteiger partial charge in [0.05, 0.1) is 6.61 Å². The predicted molar refractivity (Wildman–Crippen MR) is 79.4 cm³/mol. The van der Waals surface area contributed by atoms with Crippen LogP contribution in [-0.4, -0.2) is 64.7 Å². The Morgan fingerprint density at radius 3 is 2.55 bits per heavy atom. The second kappa shape index (κ2) is 7.67. The molecule has 0 amide bonds. The maximum Gasteiger partial charge on any atom is 0.125 e. The molecule has 1 aliphatic heterocycles. The number of rotatable bonds is 6. The first-order chi connectivity index (χ1) is 9.67. The lowest BCUT2D eigenvalue weighted by molar-refractivity contribution is 0.129. The molecule has 0 aromatic carbocycles. The highest BCUT2D eigenvalue weighted by atomic mass is 16.3. The Morgan fingerprint density at radius 1 is 1.30 bits per heavy atom. The van der Waals surface area contributed by atoms with E-state index in [1.165, 1.54) is 18.4 Å². The summed E-state index contributed by atoms with van der Waals surface area (Å²) in [5.74, 6) is 1.59. The van der Waals surface area contributed by atoms with Crippen LogP contribution in [0, 0.1) is 12.8 Å². The van der Waals surface area contributed by atoms with Crippen molar-refractivity contribution in [3.63, 3.8) is 0 Å². The molecule has 2 heterocycles. The summed E-state index contributed by atoms with van der Waals surface area (Å²) < 4.78 is 0. The van der Waals surface area contributed by atoms with Gasteiger partial charge in [0.15, 0.2) is 0 Å². The van der Waals surface area contributed by atoms with Crippen LogP contribution in [0.1, 0.15) is 24.2 Å². The molecule has 1 aliphatic rings. The van der Waals surface area contributed by atoms with Crippen LogP contribution in [0.25, 0.3) is 0 Å². The number of aliphatic hydroxyl groups excluding tert-OH is 1. The van der Waals surface area contributed by atoms with E-state index in [1.807, 2.05) is 19.3 Å². The van der Waals surface area contributed by atoms with Gasteiger partial charge in [0, 0.05) is 37.6 Å². The molecule has 5 heteroatoms. The molecule has 0 atom stereocenters. The van der Waals surface area contributed by atoms with Crippen molar-refractivity contribution < 1.29 is 5.11 Å². The monoisotopic (exact) mass is 278 g/mol. The Kier molecular flexibility index (Phi) is 5.88. The van der Waals surface area contributed by atoms with Crippen LogP contribution in [0.4, 0.5) is 0 Å². The van der Waals surface area contributed by atoms with Crippen molar-refractivity contribution in [3.8, 4) is 0 Å². The van der Waals surface area contributed by atoms with Gasteiger partial charge < -0.3 is 14.9 Å². The summed E-state index contributed by atoms with van der Waals surface area (Å²) >= 11 is 0. The number of nitrogens with zero attached hydrogens (tertiary/aromatic N) is 4. The molecule has 0 saturated carbocycles. The average Bonchev–Trinajstić information content (AvgIpc) is 2.44. The number of aryl methyl sites for hydroxylation is 1. The molecule has 0 radical (unpaired) electrons. The predicted octanol–water partition coefficient (Wildman–Crippen LogP) is 0.921. The van der Waals surface area contributed by atoms with Gasteiger partial charge in [-0.2, -0.15) is 0 Å². The Morgan fingerprint density at radius 2 is 1.95 bits per heavy atom. The molecule has 1 aromatic heterocycles. The average molecular weight is 278 g/mol. The van der Waals surface area contributed by atoms with Crippen LogP contribution < -0.4 is 0 Å². The minimum absolute atomic E-state index is 0.276. The maximum atomic E-state index is 8.95. The van der Waals surface area contributed by atoms with Gasteiger partial charge in [0.1, 0.15) is 5.82 Å². The first kappa shape index (κ1) is 15.4. The van der Waals surface area contributed by atoms with Crippen molar-refractivity contribution in [2.24, 2.45) is 5.92 Å². The number of β-amino-alcohol motifs (C(OH)–C–C–N with tert-alkyl or cyclic N) is 1. The highest BCUT2D eigenvalue weighted by Gasteiger charge is 2.19. The van der Waals surface area contributed by atoms with Gasteiger partial charge in [-0.15, -0.1) is 0 Å². The summed E-state index contributed by atoms with van der Waals surface area (Å²) in [6.07, 6.45) is 6.30. The fourth-order valence-corrected chi connectivity index (χ4v) is 2.85. The second-order valence-corrected chi connectivity index (χ2v) is 5.84. The molecule has 1 N–H and O–H groups in total. The summed E-state index contributed by atoms with van der Waals surface area (Å²) in [5.41, 5.74) is 1.18. The van der Waals surface area contributed by atoms with Gasteiger partial charge in [-0.1, -0.05) is 0 Å². The third kappa shape index (κ3) is 4.81. The van der Waals surface area contributed by atoms with Crippen molar-refractivity contribution in [2.45, 2.75) is 26.3 Å². The molecule has 0 spiro atoms. The van der Waals surface area contributed by atoms with Crippen molar-refractivity contribution in [3.05, 3.63) is 23.8 Å². The molecule has 0 aliphatic carbocycles. The molecule has 2 rings (SSSR count). The molecule has 1 aromatic rings. The Labute approximate surface area is 121 Å². The van der Waals surface area contributed by atoms with Crippen LogP contribution in [0.15, 0.2) is 12.4 Å². The fraction of sp³-hybridized carbons (Fsp3) is 0.733. The zero-order valence-electron chi connectivity index (χ0n) is 12.6. The van der Waals surface area contributed by atoms with Gasteiger partial charge in [-0.05, 0) is 45.8 Å². The van der Waals surface area contributed by atoms with E-state index < -0.39 is 0 Å². The van der Waals surface area contributed by atoms with Crippen molar-refractivity contribution in [2.75, 3.05) is 39.8 Å². The lowest BCUT2D eigenvalue weighted by Crippen LogP contribution is -2.38. The van der Waals surface area contributed by atoms with Gasteiger partial charge >= 0.3 is 0 Å². The third-order valence-corrected chi connectivity index (χ3v) is 3.98. The van der Waals surface area contributed by atoms with E-state index in [1.54, 1.807) is 0 Å². The third-order valence-electron chi connectivity index (χ3n) is 3.98. The highest BCUT2D eigenvalue weighted by Crippen LogP contribution is 2.18. The Bertz CT molecular complexity index is 387. The van der Waals surface area contributed by atoms with Gasteiger partial charge in [0.25, 0.3) is 0 Å². The zero-order chi connectivity index (χ0) is 14.4. The molecule has 0 bridgehead atoms. The topological polar surface area (TPSA) is 52.5 Å². The summed E-state index contributed by atoms with van der Waals surface area (Å²) in [4.78, 5) is 13.2. The summed E-state index contributed by atoms with van der Waals surface area (Å²) in [7, 11) is 2.17. The SMILES string of the molecule is Cc1ncc(CN(C)CC2CCN(CCO)CC2)cn1. The van der Waals surface area contributed by atoms with E-state index in [4.69, 9.17) is 5.11 Å². The van der Waals surface area contributed by atoms with E-state index in [0.29, 0.717) is 0 Å². The van der Waals surface area contributed by atoms with Crippen molar-refractivity contribution in [1.82, 2.24) is 19.8 Å². The smallest absolute Gasteiger partial charge is 0.125 e. The van der Waals surface area contributed by atoms with Gasteiger partial charge in [0.2, 0.25) is 0 Å². The molecule has 20 heavy (non-hydrogen) atoms. The van der Waals surface area contributed by atoms with E-state index in [2.05, 4.69) is 26.8 Å². The van der Waals surface area contributed by atoms with Gasteiger partial charge in [-0.25, -0.2) is 9.97 Å². The molecule has 5 nitrogen and oxygen atoms in total. The number of piperidine rings is 1. The Balaban J connectivity index is 1.72. The summed E-state index contributed by atoms with van der Waals surface area (Å²) in [6.45, 7) is 7.28. The van der Waals surface area contributed by atoms with Crippen molar-refractivity contribution in [1.29, 1.82) is 0 Å². The first-order valence-corrected chi connectivity index (χ1v) is 7.46. The molecule has 0 unspecified atom stereocenters. The molecular formula is C15H26N4O. The first-order valence-electron chi connectivity index (χ1n) is 7.46. The number of hydrogen-bond acceptors (Lipinski definition) is 5. The zero-order valence-corrected chi connectivity index (χ0v) is 12.6. The van der Waals surface area contributed by atoms with E-state index in [-0.39, 0.29) is 6.61 Å². The van der Waals surface area contributed by atoms with E-state index >= 15 is 0 Å². The second-order valence-electron chi connectivity index (χ2n) is 5.84. The minimum atomic E-state index is 0.276. The minimum Gasteiger partial charge on any atom is -0.395 e. The highest BCUT2D eigenvalue weighted by molar-refractivity contribution is 5.04. The van der Waals surface area contributed by atoms with Crippen LogP contribution in [-0.2, 0) is 6.54 Å². The molecular weight excluding hydrogens is 252 g/mol. The van der Waals surface area contributed by atoms with E-state index in [9.17, 15) is 0 Å². The number of aromatic nitrogens is 2. The molecule has 1 saturated heterocycles. The number of hydrogen-bond donors (Lipinski definition) is 1. The number of aliphatic hydroxyl groups is 1. The lowest BCUT2D eigenvalue weighted by Gasteiger charge is -2.33. The molecule has 1 fully saturated rings.